The van der Waals surface area contributed by atoms with Crippen LogP contribution < -0.4 is 0 Å². The van der Waals surface area contributed by atoms with Crippen molar-refractivity contribution < 1.29 is 23.7 Å². The number of fused-ring (bicyclic) bond motifs is 2. The second kappa shape index (κ2) is 11.4. The van der Waals surface area contributed by atoms with Crippen LogP contribution in [0.15, 0.2) is 0 Å². The van der Waals surface area contributed by atoms with Crippen LogP contribution >= 0.6 is 0 Å². The lowest BCUT2D eigenvalue weighted by Crippen LogP contribution is -2.61. The maximum Gasteiger partial charge on any atom is 0.309 e. The summed E-state index contributed by atoms with van der Waals surface area (Å²) in [6.07, 6.45) is 6.28. The lowest BCUT2D eigenvalue weighted by Gasteiger charge is -2.61. The summed E-state index contributed by atoms with van der Waals surface area (Å²) in [6.45, 7) is 21.6. The Hall–Kier alpha value is -0.650. The van der Waals surface area contributed by atoms with Crippen molar-refractivity contribution in [3.63, 3.8) is 0 Å². The minimum absolute atomic E-state index is 0.00258. The molecule has 5 heteroatoms. The molecule has 0 heterocycles. The van der Waals surface area contributed by atoms with E-state index in [1.807, 2.05) is 14.0 Å². The van der Waals surface area contributed by atoms with Crippen molar-refractivity contribution in [3.05, 3.63) is 0 Å². The second-order valence-electron chi connectivity index (χ2n) is 14.0. The fraction of sp³-hybridized carbons (Fsp3) is 0.967. The number of carbonyl (C=O) groups excluding carboxylic acids is 1. The van der Waals surface area contributed by atoms with Crippen LogP contribution in [0.4, 0.5) is 0 Å². The largest absolute Gasteiger partial charge is 0.459 e. The summed E-state index contributed by atoms with van der Waals surface area (Å²) in [6, 6.07) is 0. The first-order valence-electron chi connectivity index (χ1n) is 14.0. The molecule has 0 N–H and O–H groups in total. The Morgan fingerprint density at radius 3 is 2.03 bits per heavy atom. The van der Waals surface area contributed by atoms with Crippen LogP contribution in [0.1, 0.15) is 114 Å². The minimum Gasteiger partial charge on any atom is -0.459 e. The first-order valence-corrected chi connectivity index (χ1v) is 14.0. The Morgan fingerprint density at radius 2 is 1.57 bits per heavy atom. The van der Waals surface area contributed by atoms with Gasteiger partial charge in [0.05, 0.1) is 17.6 Å². The molecule has 206 valence electrons. The molecule has 2 rings (SSSR count). The number of hydrogen-bond donors (Lipinski definition) is 0. The molecule has 0 spiro atoms. The van der Waals surface area contributed by atoms with E-state index in [0.717, 1.165) is 44.9 Å². The molecule has 7 unspecified atom stereocenters. The van der Waals surface area contributed by atoms with Gasteiger partial charge in [-0.15, -0.1) is 0 Å². The third-order valence-corrected chi connectivity index (χ3v) is 8.98. The molecule has 0 aliphatic heterocycles. The summed E-state index contributed by atoms with van der Waals surface area (Å²) in [5.74, 6) is 0.885. The normalized spacial score (nSPS) is 34.1. The van der Waals surface area contributed by atoms with Crippen molar-refractivity contribution in [1.29, 1.82) is 0 Å². The molecule has 0 amide bonds. The molecule has 2 aliphatic rings. The van der Waals surface area contributed by atoms with Gasteiger partial charge in [-0.1, -0.05) is 69.2 Å². The molecular weight excluding hydrogens is 440 g/mol. The van der Waals surface area contributed by atoms with Gasteiger partial charge in [0.25, 0.3) is 0 Å². The zero-order chi connectivity index (χ0) is 26.8. The Balaban J connectivity index is 2.55. The van der Waals surface area contributed by atoms with Gasteiger partial charge in [-0.05, 0) is 61.2 Å². The van der Waals surface area contributed by atoms with Crippen molar-refractivity contribution in [2.75, 3.05) is 14.2 Å². The van der Waals surface area contributed by atoms with Gasteiger partial charge in [0.15, 0.2) is 6.29 Å². The Kier molecular flexibility index (Phi) is 9.95. The molecule has 35 heavy (non-hydrogen) atoms. The van der Waals surface area contributed by atoms with Crippen molar-refractivity contribution >= 4 is 5.97 Å². The van der Waals surface area contributed by atoms with Gasteiger partial charge in [-0.3, -0.25) is 4.79 Å². The van der Waals surface area contributed by atoms with Crippen molar-refractivity contribution in [1.82, 2.24) is 0 Å². The predicted octanol–water partition coefficient (Wildman–Crippen LogP) is 7.41. The molecule has 0 aromatic rings. The number of ether oxygens (including phenoxy) is 4. The van der Waals surface area contributed by atoms with Gasteiger partial charge in [-0.2, -0.15) is 0 Å². The van der Waals surface area contributed by atoms with Gasteiger partial charge >= 0.3 is 5.97 Å². The van der Waals surface area contributed by atoms with Crippen LogP contribution in [0.2, 0.25) is 0 Å². The van der Waals surface area contributed by atoms with E-state index in [0.29, 0.717) is 11.8 Å². The zero-order valence-electron chi connectivity index (χ0n) is 25.0. The molecular formula is C30H56O5. The van der Waals surface area contributed by atoms with Gasteiger partial charge in [0.1, 0.15) is 5.60 Å². The highest BCUT2D eigenvalue weighted by Gasteiger charge is 2.61. The standard InChI is InChI=1S/C30H56O5/c1-13-29(35-26(33-12)21(4)5)17-28(16-24(32-11)20(2)3)14-22(6)15-30(18-28,19-29)34-25(31)23(7)27(8,9)10/h20-24,26H,13-19H2,1-12H3. The molecule has 2 aliphatic carbocycles. The fourth-order valence-electron chi connectivity index (χ4n) is 7.01. The van der Waals surface area contributed by atoms with Crippen molar-refractivity contribution in [2.45, 2.75) is 138 Å². The molecule has 2 saturated carbocycles. The Labute approximate surface area is 216 Å². The first-order chi connectivity index (χ1) is 16.1. The highest BCUT2D eigenvalue weighted by molar-refractivity contribution is 5.73. The first kappa shape index (κ1) is 30.6. The third kappa shape index (κ3) is 7.23. The molecule has 2 fully saturated rings. The molecule has 0 aromatic heterocycles. The van der Waals surface area contributed by atoms with Crippen LogP contribution in [0.25, 0.3) is 0 Å². The topological polar surface area (TPSA) is 54.0 Å². The Morgan fingerprint density at radius 1 is 0.943 bits per heavy atom. The molecule has 0 saturated heterocycles. The van der Waals surface area contributed by atoms with Crippen molar-refractivity contribution in [2.24, 2.45) is 34.5 Å². The van der Waals surface area contributed by atoms with E-state index in [2.05, 4.69) is 62.3 Å². The molecule has 5 nitrogen and oxygen atoms in total. The summed E-state index contributed by atoms with van der Waals surface area (Å²) in [5, 5.41) is 0. The number of methoxy groups -OCH3 is 2. The lowest BCUT2D eigenvalue weighted by atomic mass is 9.51. The van der Waals surface area contributed by atoms with Gasteiger partial charge in [-0.25, -0.2) is 0 Å². The molecule has 0 aromatic carbocycles. The number of carbonyl (C=O) groups is 1. The summed E-state index contributed by atoms with van der Waals surface area (Å²) in [7, 11) is 3.56. The van der Waals surface area contributed by atoms with Gasteiger partial charge in [0.2, 0.25) is 0 Å². The van der Waals surface area contributed by atoms with E-state index in [1.54, 1.807) is 7.11 Å². The van der Waals surface area contributed by atoms with Crippen LogP contribution in [-0.4, -0.2) is 43.8 Å². The number of rotatable bonds is 11. The van der Waals surface area contributed by atoms with E-state index in [9.17, 15) is 4.79 Å². The summed E-state index contributed by atoms with van der Waals surface area (Å²) >= 11 is 0. The summed E-state index contributed by atoms with van der Waals surface area (Å²) in [4.78, 5) is 13.5. The highest BCUT2D eigenvalue weighted by atomic mass is 16.7. The van der Waals surface area contributed by atoms with E-state index in [1.165, 1.54) is 0 Å². The molecule has 2 bridgehead atoms. The van der Waals surface area contributed by atoms with E-state index >= 15 is 0 Å². The SMILES string of the molecule is CCC1(OC(OC)C(C)C)CC2(CC(OC)C(C)C)CC(C)CC(OC(=O)C(C)C(C)(C)C)(C2)C1. The third-order valence-electron chi connectivity index (χ3n) is 8.98. The predicted molar refractivity (Wildman–Crippen MR) is 142 cm³/mol. The average molecular weight is 497 g/mol. The van der Waals surface area contributed by atoms with Crippen LogP contribution in [0.5, 0.6) is 0 Å². The fourth-order valence-corrected chi connectivity index (χ4v) is 7.01. The highest BCUT2D eigenvalue weighted by Crippen LogP contribution is 2.61. The number of hydrogen-bond acceptors (Lipinski definition) is 5. The lowest BCUT2D eigenvalue weighted by molar-refractivity contribution is -0.277. The van der Waals surface area contributed by atoms with Gasteiger partial charge in [0, 0.05) is 26.6 Å². The van der Waals surface area contributed by atoms with E-state index in [-0.39, 0.29) is 41.0 Å². The summed E-state index contributed by atoms with van der Waals surface area (Å²) < 4.78 is 25.3. The van der Waals surface area contributed by atoms with Crippen LogP contribution in [0.3, 0.4) is 0 Å². The van der Waals surface area contributed by atoms with Gasteiger partial charge < -0.3 is 18.9 Å². The van der Waals surface area contributed by atoms with E-state index < -0.39 is 11.2 Å². The van der Waals surface area contributed by atoms with Crippen LogP contribution in [-0.2, 0) is 23.7 Å². The molecule has 0 radical (unpaired) electrons. The monoisotopic (exact) mass is 496 g/mol. The Bertz CT molecular complexity index is 697. The second-order valence-corrected chi connectivity index (χ2v) is 14.0. The quantitative estimate of drug-likeness (QED) is 0.220. The van der Waals surface area contributed by atoms with Crippen molar-refractivity contribution in [3.8, 4) is 0 Å². The summed E-state index contributed by atoms with van der Waals surface area (Å²) in [5.41, 5.74) is -1.07. The molecule has 7 atom stereocenters. The van der Waals surface area contributed by atoms with Crippen LogP contribution in [0, 0.1) is 34.5 Å². The number of esters is 1. The average Bonchev–Trinajstić information content (AvgIpc) is 2.73. The van der Waals surface area contributed by atoms with E-state index in [4.69, 9.17) is 18.9 Å². The smallest absolute Gasteiger partial charge is 0.309 e. The maximum absolute atomic E-state index is 13.5. The minimum atomic E-state index is -0.521. The zero-order valence-corrected chi connectivity index (χ0v) is 25.0. The maximum atomic E-state index is 13.5.